The van der Waals surface area contributed by atoms with Gasteiger partial charge in [0, 0.05) is 34.6 Å². The van der Waals surface area contributed by atoms with Crippen LogP contribution in [0.5, 0.6) is 0 Å². The largest absolute Gasteiger partial charge is 0.355 e. The first-order valence-corrected chi connectivity index (χ1v) is 16.1. The summed E-state index contributed by atoms with van der Waals surface area (Å²) in [5, 5.41) is 3.93. The molecular formula is C32H30Cl3N3O4S. The van der Waals surface area contributed by atoms with Crippen LogP contribution in [0.2, 0.25) is 15.1 Å². The van der Waals surface area contributed by atoms with E-state index in [2.05, 4.69) is 5.32 Å². The van der Waals surface area contributed by atoms with E-state index in [9.17, 15) is 18.0 Å². The molecule has 7 nitrogen and oxygen atoms in total. The van der Waals surface area contributed by atoms with Gasteiger partial charge in [0.15, 0.2) is 0 Å². The molecule has 0 saturated carbocycles. The minimum atomic E-state index is -4.22. The first kappa shape index (κ1) is 32.4. The summed E-state index contributed by atoms with van der Waals surface area (Å²) in [5.74, 6) is -0.976. The van der Waals surface area contributed by atoms with Crippen molar-refractivity contribution in [2.45, 2.75) is 30.8 Å². The van der Waals surface area contributed by atoms with Gasteiger partial charge in [-0.05, 0) is 66.6 Å². The van der Waals surface area contributed by atoms with Crippen molar-refractivity contribution < 1.29 is 18.0 Å². The Bertz CT molecular complexity index is 1650. The van der Waals surface area contributed by atoms with E-state index in [-0.39, 0.29) is 29.5 Å². The molecule has 0 heterocycles. The Balaban J connectivity index is 1.79. The van der Waals surface area contributed by atoms with E-state index < -0.39 is 28.5 Å². The van der Waals surface area contributed by atoms with Crippen LogP contribution in [0.4, 0.5) is 5.69 Å². The van der Waals surface area contributed by atoms with Crippen LogP contribution in [-0.4, -0.2) is 44.3 Å². The predicted molar refractivity (Wildman–Crippen MR) is 172 cm³/mol. The molecule has 11 heteroatoms. The summed E-state index contributed by atoms with van der Waals surface area (Å²) in [6.45, 7) is 1.49. The van der Waals surface area contributed by atoms with Crippen LogP contribution >= 0.6 is 34.8 Å². The average molecular weight is 659 g/mol. The molecule has 0 aromatic heterocycles. The highest BCUT2D eigenvalue weighted by atomic mass is 35.5. The van der Waals surface area contributed by atoms with E-state index in [1.165, 1.54) is 29.2 Å². The summed E-state index contributed by atoms with van der Waals surface area (Å²) in [7, 11) is -4.22. The Morgan fingerprint density at radius 3 is 2.02 bits per heavy atom. The van der Waals surface area contributed by atoms with Gasteiger partial charge in [0.05, 0.1) is 10.6 Å². The molecule has 0 saturated heterocycles. The van der Waals surface area contributed by atoms with Crippen molar-refractivity contribution in [3.05, 3.63) is 129 Å². The number of anilines is 1. The Kier molecular flexibility index (Phi) is 11.1. The molecule has 0 unspecified atom stereocenters. The number of sulfonamides is 1. The quantitative estimate of drug-likeness (QED) is 0.185. The van der Waals surface area contributed by atoms with E-state index in [0.717, 1.165) is 9.87 Å². The van der Waals surface area contributed by atoms with Crippen molar-refractivity contribution in [2.75, 3.05) is 17.4 Å². The van der Waals surface area contributed by atoms with Crippen LogP contribution in [0.15, 0.2) is 108 Å². The molecule has 2 amide bonds. The molecule has 0 fully saturated rings. The maximum absolute atomic E-state index is 14.3. The minimum Gasteiger partial charge on any atom is -0.355 e. The van der Waals surface area contributed by atoms with E-state index in [1.54, 1.807) is 55.5 Å². The van der Waals surface area contributed by atoms with Crippen molar-refractivity contribution >= 4 is 62.3 Å². The number of benzene rings is 4. The van der Waals surface area contributed by atoms with Gasteiger partial charge in [0.1, 0.15) is 12.6 Å². The smallest absolute Gasteiger partial charge is 0.264 e. The predicted octanol–water partition coefficient (Wildman–Crippen LogP) is 6.62. The maximum Gasteiger partial charge on any atom is 0.264 e. The lowest BCUT2D eigenvalue weighted by Gasteiger charge is -2.34. The first-order chi connectivity index (χ1) is 20.6. The lowest BCUT2D eigenvalue weighted by atomic mass is 10.0. The standard InChI is InChI=1S/C32H30Cl3N3O4S/c1-2-36-32(40)30(19-23-9-5-3-6-10-23)37(21-24-13-14-26(34)20-29(24)35)31(39)22-38(27-11-7-4-8-12-27)43(41,42)28-17-15-25(33)16-18-28/h3-18,20,30H,2,19,21-22H2,1H3,(H,36,40)/t30-/m0/s1. The molecule has 4 aromatic rings. The van der Waals surface area contributed by atoms with Crippen molar-refractivity contribution in [3.8, 4) is 0 Å². The molecule has 4 aromatic carbocycles. The minimum absolute atomic E-state index is 0.0367. The number of carbonyl (C=O) groups excluding carboxylic acids is 2. The summed E-state index contributed by atoms with van der Waals surface area (Å²) in [6.07, 6.45) is 0.193. The number of hydrogen-bond acceptors (Lipinski definition) is 4. The van der Waals surface area contributed by atoms with Crippen LogP contribution < -0.4 is 9.62 Å². The van der Waals surface area contributed by atoms with Gasteiger partial charge in [0.25, 0.3) is 10.0 Å². The van der Waals surface area contributed by atoms with Crippen LogP contribution in [-0.2, 0) is 32.6 Å². The molecule has 224 valence electrons. The fraction of sp³-hybridized carbons (Fsp3) is 0.188. The number of likely N-dealkylation sites (N-methyl/N-ethyl adjacent to an activating group) is 1. The van der Waals surface area contributed by atoms with Gasteiger partial charge < -0.3 is 10.2 Å². The third kappa shape index (κ3) is 8.30. The highest BCUT2D eigenvalue weighted by Gasteiger charge is 2.34. The zero-order valence-corrected chi connectivity index (χ0v) is 26.4. The van der Waals surface area contributed by atoms with Gasteiger partial charge in [-0.25, -0.2) is 8.42 Å². The Hall–Kier alpha value is -3.56. The van der Waals surface area contributed by atoms with E-state index >= 15 is 0 Å². The lowest BCUT2D eigenvalue weighted by Crippen LogP contribution is -2.53. The van der Waals surface area contributed by atoms with Crippen molar-refractivity contribution in [1.82, 2.24) is 10.2 Å². The number of nitrogens with one attached hydrogen (secondary N) is 1. The van der Waals surface area contributed by atoms with E-state index in [1.807, 2.05) is 30.3 Å². The van der Waals surface area contributed by atoms with E-state index in [4.69, 9.17) is 34.8 Å². The number of para-hydroxylation sites is 1. The van der Waals surface area contributed by atoms with Crippen LogP contribution in [0, 0.1) is 0 Å². The van der Waals surface area contributed by atoms with Crippen LogP contribution in [0.3, 0.4) is 0 Å². The molecule has 1 atom stereocenters. The molecule has 0 spiro atoms. The highest BCUT2D eigenvalue weighted by molar-refractivity contribution is 7.92. The maximum atomic E-state index is 14.3. The lowest BCUT2D eigenvalue weighted by molar-refractivity contribution is -0.140. The molecule has 0 aliphatic rings. The fourth-order valence-electron chi connectivity index (χ4n) is 4.54. The zero-order valence-electron chi connectivity index (χ0n) is 23.3. The highest BCUT2D eigenvalue weighted by Crippen LogP contribution is 2.27. The second kappa shape index (κ2) is 14.8. The molecule has 0 bridgehead atoms. The molecule has 0 aliphatic carbocycles. The monoisotopic (exact) mass is 657 g/mol. The topological polar surface area (TPSA) is 86.8 Å². The second-order valence-corrected chi connectivity index (χ2v) is 12.8. The number of carbonyl (C=O) groups is 2. The van der Waals surface area contributed by atoms with Gasteiger partial charge in [-0.3, -0.25) is 13.9 Å². The number of rotatable bonds is 12. The zero-order chi connectivity index (χ0) is 31.0. The Labute approximate surface area is 267 Å². The molecule has 1 N–H and O–H groups in total. The Morgan fingerprint density at radius 1 is 0.814 bits per heavy atom. The van der Waals surface area contributed by atoms with Gasteiger partial charge in [-0.1, -0.05) is 89.4 Å². The second-order valence-electron chi connectivity index (χ2n) is 9.66. The summed E-state index contributed by atoms with van der Waals surface area (Å²) < 4.78 is 28.9. The van der Waals surface area contributed by atoms with E-state index in [0.29, 0.717) is 27.2 Å². The van der Waals surface area contributed by atoms with Crippen molar-refractivity contribution in [3.63, 3.8) is 0 Å². The molecule has 43 heavy (non-hydrogen) atoms. The van der Waals surface area contributed by atoms with Gasteiger partial charge >= 0.3 is 0 Å². The van der Waals surface area contributed by atoms with Gasteiger partial charge in [-0.2, -0.15) is 0 Å². The number of nitrogens with zero attached hydrogens (tertiary/aromatic N) is 2. The number of halogens is 3. The SMILES string of the molecule is CCNC(=O)[C@H](Cc1ccccc1)N(Cc1ccc(Cl)cc1Cl)C(=O)CN(c1ccccc1)S(=O)(=O)c1ccc(Cl)cc1. The Morgan fingerprint density at radius 2 is 1.42 bits per heavy atom. The third-order valence-electron chi connectivity index (χ3n) is 6.70. The van der Waals surface area contributed by atoms with Crippen LogP contribution in [0.1, 0.15) is 18.1 Å². The molecule has 4 rings (SSSR count). The number of hydrogen-bond donors (Lipinski definition) is 1. The fourth-order valence-corrected chi connectivity index (χ4v) is 6.54. The van der Waals surface area contributed by atoms with Gasteiger partial charge in [-0.15, -0.1) is 0 Å². The summed E-state index contributed by atoms with van der Waals surface area (Å²) in [4.78, 5) is 29.2. The van der Waals surface area contributed by atoms with Gasteiger partial charge in [0.2, 0.25) is 11.8 Å². The molecule has 0 radical (unpaired) electrons. The first-order valence-electron chi connectivity index (χ1n) is 13.5. The van der Waals surface area contributed by atoms with Crippen molar-refractivity contribution in [1.29, 1.82) is 0 Å². The average Bonchev–Trinajstić information content (AvgIpc) is 2.99. The normalized spacial score (nSPS) is 11.9. The van der Waals surface area contributed by atoms with Crippen LogP contribution in [0.25, 0.3) is 0 Å². The summed E-state index contributed by atoms with van der Waals surface area (Å²) in [5.41, 5.74) is 1.66. The summed E-state index contributed by atoms with van der Waals surface area (Å²) in [6, 6.07) is 27.2. The molecule has 0 aliphatic heterocycles. The van der Waals surface area contributed by atoms with Crippen molar-refractivity contribution in [2.24, 2.45) is 0 Å². The third-order valence-corrected chi connectivity index (χ3v) is 9.33. The number of amides is 2. The molecular weight excluding hydrogens is 629 g/mol. The summed E-state index contributed by atoms with van der Waals surface area (Å²) >= 11 is 18.6.